The number of hydrogen-bond donors (Lipinski definition) is 0. The molecule has 0 spiro atoms. The molecule has 65 valence electrons. The second-order valence-electron chi connectivity index (χ2n) is 3.13. The van der Waals surface area contributed by atoms with Crippen LogP contribution in [0.4, 0.5) is 0 Å². The van der Waals surface area contributed by atoms with Crippen molar-refractivity contribution in [2.45, 2.75) is 19.4 Å². The van der Waals surface area contributed by atoms with Gasteiger partial charge in [-0.05, 0) is 26.0 Å². The van der Waals surface area contributed by atoms with Crippen molar-refractivity contribution in [1.82, 2.24) is 0 Å². The van der Waals surface area contributed by atoms with Gasteiger partial charge < -0.3 is 0 Å². The van der Waals surface area contributed by atoms with E-state index in [9.17, 15) is 5.11 Å². The van der Waals surface area contributed by atoms with Crippen molar-refractivity contribution < 1.29 is 5.11 Å². The van der Waals surface area contributed by atoms with E-state index in [0.717, 1.165) is 0 Å². The summed E-state index contributed by atoms with van der Waals surface area (Å²) in [6.45, 7) is 3.14. The van der Waals surface area contributed by atoms with E-state index < -0.39 is 5.60 Å². The van der Waals surface area contributed by atoms with Gasteiger partial charge in [-0.15, -0.1) is 0 Å². The largest absolute Gasteiger partial charge is 0.225 e. The molecule has 1 nitrogen and oxygen atoms in total. The summed E-state index contributed by atoms with van der Waals surface area (Å²) >= 11 is 11.5. The fourth-order valence-electron chi connectivity index (χ4n) is 0.978. The Balaban J connectivity index is 3.19. The van der Waals surface area contributed by atoms with Crippen LogP contribution in [-0.4, -0.2) is 0 Å². The minimum absolute atomic E-state index is 0.433. The Hall–Kier alpha value is -0.240. The number of halogens is 2. The Labute approximate surface area is 81.9 Å². The normalized spacial score (nSPS) is 11.8. The number of hydrogen-bond acceptors (Lipinski definition) is 0. The van der Waals surface area contributed by atoms with Crippen LogP contribution in [0.5, 0.6) is 0 Å². The van der Waals surface area contributed by atoms with E-state index in [-0.39, 0.29) is 0 Å². The van der Waals surface area contributed by atoms with Crippen molar-refractivity contribution in [3.63, 3.8) is 0 Å². The van der Waals surface area contributed by atoms with Crippen LogP contribution in [0, 0.1) is 0 Å². The maximum absolute atomic E-state index is 11.5. The third-order valence-corrected chi connectivity index (χ3v) is 2.13. The van der Waals surface area contributed by atoms with Crippen molar-refractivity contribution in [3.05, 3.63) is 33.8 Å². The highest BCUT2D eigenvalue weighted by molar-refractivity contribution is 6.35. The summed E-state index contributed by atoms with van der Waals surface area (Å²) in [5.41, 5.74) is -0.588. The van der Waals surface area contributed by atoms with Crippen molar-refractivity contribution >= 4 is 23.2 Å². The van der Waals surface area contributed by atoms with Crippen LogP contribution in [0.1, 0.15) is 19.4 Å². The van der Waals surface area contributed by atoms with Crippen LogP contribution in [-0.2, 0) is 10.7 Å². The number of benzene rings is 1. The maximum atomic E-state index is 11.5. The highest BCUT2D eigenvalue weighted by Crippen LogP contribution is 2.29. The molecule has 0 saturated heterocycles. The lowest BCUT2D eigenvalue weighted by atomic mass is 9.99. The van der Waals surface area contributed by atoms with E-state index in [2.05, 4.69) is 0 Å². The summed E-state index contributed by atoms with van der Waals surface area (Å²) in [6.07, 6.45) is 0. The molecule has 0 N–H and O–H groups in total. The lowest BCUT2D eigenvalue weighted by Gasteiger charge is -2.16. The van der Waals surface area contributed by atoms with E-state index in [0.29, 0.717) is 15.6 Å². The zero-order valence-electron chi connectivity index (χ0n) is 6.90. The fraction of sp³-hybridized carbons (Fsp3) is 0.333. The molecule has 0 heterocycles. The summed E-state index contributed by atoms with van der Waals surface area (Å²) in [4.78, 5) is 0. The lowest BCUT2D eigenvalue weighted by molar-refractivity contribution is 0.00000405. The Morgan fingerprint density at radius 3 is 2.25 bits per heavy atom. The molecule has 0 amide bonds. The first-order valence-electron chi connectivity index (χ1n) is 3.57. The van der Waals surface area contributed by atoms with Crippen LogP contribution < -0.4 is 0 Å². The smallest absolute Gasteiger partial charge is 0.124 e. The third-order valence-electron chi connectivity index (χ3n) is 1.58. The molecule has 1 aromatic rings. The SMILES string of the molecule is CC(C)([O])c1ccc(Cl)cc1Cl. The molecular formula is C9H9Cl2O. The molecule has 1 aromatic carbocycles. The first-order valence-corrected chi connectivity index (χ1v) is 4.33. The maximum Gasteiger partial charge on any atom is 0.124 e. The van der Waals surface area contributed by atoms with Crippen LogP contribution in [0.2, 0.25) is 10.0 Å². The predicted molar refractivity (Wildman–Crippen MR) is 50.2 cm³/mol. The Morgan fingerprint density at radius 2 is 1.83 bits per heavy atom. The molecule has 0 aromatic heterocycles. The third kappa shape index (κ3) is 2.13. The van der Waals surface area contributed by atoms with Crippen LogP contribution in [0.25, 0.3) is 0 Å². The molecule has 0 unspecified atom stereocenters. The predicted octanol–water partition coefficient (Wildman–Crippen LogP) is 3.66. The van der Waals surface area contributed by atoms with Gasteiger partial charge in [0.2, 0.25) is 0 Å². The average Bonchev–Trinajstić information content (AvgIpc) is 1.83. The second-order valence-corrected chi connectivity index (χ2v) is 3.98. The van der Waals surface area contributed by atoms with Crippen molar-refractivity contribution in [2.75, 3.05) is 0 Å². The Morgan fingerprint density at radius 1 is 1.25 bits per heavy atom. The van der Waals surface area contributed by atoms with Crippen molar-refractivity contribution in [2.24, 2.45) is 0 Å². The van der Waals surface area contributed by atoms with Gasteiger partial charge in [0.1, 0.15) is 5.60 Å². The molecule has 0 atom stereocenters. The zero-order valence-corrected chi connectivity index (χ0v) is 8.41. The van der Waals surface area contributed by atoms with E-state index in [4.69, 9.17) is 23.2 Å². The molecule has 0 fully saturated rings. The van der Waals surface area contributed by atoms with E-state index in [1.807, 2.05) is 0 Å². The highest BCUT2D eigenvalue weighted by Gasteiger charge is 2.21. The van der Waals surface area contributed by atoms with Crippen molar-refractivity contribution in [1.29, 1.82) is 0 Å². The molecule has 0 aliphatic carbocycles. The topological polar surface area (TPSA) is 19.9 Å². The van der Waals surface area contributed by atoms with Crippen LogP contribution >= 0.6 is 23.2 Å². The molecule has 1 radical (unpaired) electrons. The summed E-state index contributed by atoms with van der Waals surface area (Å²) in [6, 6.07) is 4.91. The minimum atomic E-state index is -1.17. The zero-order chi connectivity index (χ0) is 9.35. The first kappa shape index (κ1) is 9.85. The monoisotopic (exact) mass is 203 g/mol. The van der Waals surface area contributed by atoms with E-state index >= 15 is 0 Å². The van der Waals surface area contributed by atoms with Crippen LogP contribution in [0.3, 0.4) is 0 Å². The molecule has 0 aliphatic rings. The Bertz CT molecular complexity index is 289. The van der Waals surface area contributed by atoms with Gasteiger partial charge in [-0.1, -0.05) is 29.3 Å². The second kappa shape index (κ2) is 3.25. The van der Waals surface area contributed by atoms with Gasteiger partial charge >= 0.3 is 0 Å². The molecule has 0 bridgehead atoms. The quantitative estimate of drug-likeness (QED) is 0.665. The molecule has 0 aliphatic heterocycles. The lowest BCUT2D eigenvalue weighted by Crippen LogP contribution is -2.13. The van der Waals surface area contributed by atoms with Gasteiger partial charge in [-0.3, -0.25) is 0 Å². The van der Waals surface area contributed by atoms with Gasteiger partial charge in [0, 0.05) is 15.6 Å². The van der Waals surface area contributed by atoms with Gasteiger partial charge in [0.25, 0.3) is 0 Å². The minimum Gasteiger partial charge on any atom is -0.225 e. The summed E-state index contributed by atoms with van der Waals surface area (Å²) in [5.74, 6) is 0. The molecule has 1 rings (SSSR count). The van der Waals surface area contributed by atoms with E-state index in [1.54, 1.807) is 32.0 Å². The molecule has 12 heavy (non-hydrogen) atoms. The Kier molecular flexibility index (Phi) is 2.67. The number of rotatable bonds is 1. The standard InChI is InChI=1S/C9H9Cl2O/c1-9(2,12)7-4-3-6(10)5-8(7)11/h3-5H,1-2H3. The molecule has 3 heteroatoms. The van der Waals surface area contributed by atoms with Gasteiger partial charge in [0.05, 0.1) is 0 Å². The van der Waals surface area contributed by atoms with E-state index in [1.165, 1.54) is 0 Å². The van der Waals surface area contributed by atoms with Gasteiger partial charge in [-0.25, -0.2) is 5.11 Å². The van der Waals surface area contributed by atoms with Gasteiger partial charge in [-0.2, -0.15) is 0 Å². The van der Waals surface area contributed by atoms with Gasteiger partial charge in [0.15, 0.2) is 0 Å². The molecular weight excluding hydrogens is 195 g/mol. The summed E-state index contributed by atoms with van der Waals surface area (Å²) < 4.78 is 0. The highest BCUT2D eigenvalue weighted by atomic mass is 35.5. The van der Waals surface area contributed by atoms with Crippen molar-refractivity contribution in [3.8, 4) is 0 Å². The summed E-state index contributed by atoms with van der Waals surface area (Å²) in [7, 11) is 0. The first-order chi connectivity index (χ1) is 5.41. The average molecular weight is 204 g/mol. The molecule has 0 saturated carbocycles. The fourth-order valence-corrected chi connectivity index (χ4v) is 1.61. The summed E-state index contributed by atoms with van der Waals surface area (Å²) in [5, 5.41) is 12.5. The van der Waals surface area contributed by atoms with Crippen LogP contribution in [0.15, 0.2) is 18.2 Å².